The number of rotatable bonds is 2. The van der Waals surface area contributed by atoms with Crippen molar-refractivity contribution in [3.8, 4) is 0 Å². The van der Waals surface area contributed by atoms with Gasteiger partial charge >= 0.3 is 0 Å². The second-order valence-electron chi connectivity index (χ2n) is 2.41. The van der Waals surface area contributed by atoms with E-state index in [2.05, 4.69) is 14.9 Å². The fourth-order valence-corrected chi connectivity index (χ4v) is 1.20. The molecule has 0 atom stereocenters. The Morgan fingerprint density at radius 2 is 2.42 bits per heavy atom. The van der Waals surface area contributed by atoms with Crippen LogP contribution < -0.4 is 4.84 Å². The maximum Gasteiger partial charge on any atom is 0.155 e. The zero-order valence-electron chi connectivity index (χ0n) is 6.24. The van der Waals surface area contributed by atoms with Crippen LogP contribution in [0.5, 0.6) is 0 Å². The van der Waals surface area contributed by atoms with Crippen molar-refractivity contribution in [2.45, 2.75) is 6.54 Å². The Morgan fingerprint density at radius 3 is 3.25 bits per heavy atom. The first-order chi connectivity index (χ1) is 5.90. The Hall–Kier alpha value is -1.13. The van der Waals surface area contributed by atoms with Crippen LogP contribution in [0.1, 0.15) is 5.56 Å². The molecule has 2 aromatic heterocycles. The fourth-order valence-electron chi connectivity index (χ4n) is 1.04. The minimum absolute atomic E-state index is 0.622. The lowest BCUT2D eigenvalue weighted by Gasteiger charge is -1.97. The lowest BCUT2D eigenvalue weighted by molar-refractivity contribution is 0.899. The maximum atomic E-state index is 5.37. The molecule has 0 fully saturated rings. The number of fused-ring (bicyclic) bond motifs is 1. The SMILES string of the molecule is ClNCc1ccc2ncnn2c1. The van der Waals surface area contributed by atoms with E-state index in [1.54, 1.807) is 4.52 Å². The van der Waals surface area contributed by atoms with Crippen LogP contribution in [0.15, 0.2) is 24.7 Å². The van der Waals surface area contributed by atoms with Gasteiger partial charge in [-0.15, -0.1) is 0 Å². The molecule has 1 N–H and O–H groups in total. The summed E-state index contributed by atoms with van der Waals surface area (Å²) >= 11 is 5.37. The zero-order valence-corrected chi connectivity index (χ0v) is 6.99. The highest BCUT2D eigenvalue weighted by molar-refractivity contribution is 6.13. The molecular formula is C7H7ClN4. The molecule has 0 amide bonds. The average Bonchev–Trinajstić information content (AvgIpc) is 2.51. The highest BCUT2D eigenvalue weighted by atomic mass is 35.5. The minimum Gasteiger partial charge on any atom is -0.229 e. The number of nitrogens with one attached hydrogen (secondary N) is 1. The normalized spacial score (nSPS) is 10.8. The molecule has 0 saturated heterocycles. The van der Waals surface area contributed by atoms with Crippen LogP contribution >= 0.6 is 11.8 Å². The molecule has 5 heteroatoms. The molecule has 12 heavy (non-hydrogen) atoms. The molecule has 0 saturated carbocycles. The predicted molar refractivity (Wildman–Crippen MR) is 45.7 cm³/mol. The van der Waals surface area contributed by atoms with E-state index in [4.69, 9.17) is 11.8 Å². The number of halogens is 1. The first kappa shape index (κ1) is 7.52. The quantitative estimate of drug-likeness (QED) is 0.704. The smallest absolute Gasteiger partial charge is 0.155 e. The van der Waals surface area contributed by atoms with Crippen LogP contribution in [-0.4, -0.2) is 14.6 Å². The van der Waals surface area contributed by atoms with Gasteiger partial charge in [0.15, 0.2) is 5.65 Å². The van der Waals surface area contributed by atoms with E-state index in [9.17, 15) is 0 Å². The van der Waals surface area contributed by atoms with Crippen LogP contribution in [0.2, 0.25) is 0 Å². The lowest BCUT2D eigenvalue weighted by atomic mass is 10.3. The first-order valence-electron chi connectivity index (χ1n) is 3.52. The van der Waals surface area contributed by atoms with Gasteiger partial charge in [-0.3, -0.25) is 0 Å². The van der Waals surface area contributed by atoms with E-state index in [0.717, 1.165) is 11.2 Å². The van der Waals surface area contributed by atoms with Gasteiger partial charge in [0.2, 0.25) is 0 Å². The molecule has 0 bridgehead atoms. The zero-order chi connectivity index (χ0) is 8.39. The molecule has 0 aliphatic heterocycles. The van der Waals surface area contributed by atoms with Crippen LogP contribution in [0, 0.1) is 0 Å². The van der Waals surface area contributed by atoms with Crippen molar-refractivity contribution in [1.82, 2.24) is 19.4 Å². The number of nitrogens with zero attached hydrogens (tertiary/aromatic N) is 3. The monoisotopic (exact) mass is 182 g/mol. The molecule has 0 radical (unpaired) electrons. The third kappa shape index (κ3) is 1.26. The van der Waals surface area contributed by atoms with Crippen LogP contribution in [0.25, 0.3) is 5.65 Å². The summed E-state index contributed by atoms with van der Waals surface area (Å²) in [5, 5.41) is 4.00. The summed E-state index contributed by atoms with van der Waals surface area (Å²) in [4.78, 5) is 6.57. The van der Waals surface area contributed by atoms with Gasteiger partial charge in [0.1, 0.15) is 6.33 Å². The first-order valence-corrected chi connectivity index (χ1v) is 3.90. The molecular weight excluding hydrogens is 176 g/mol. The minimum atomic E-state index is 0.622. The summed E-state index contributed by atoms with van der Waals surface area (Å²) < 4.78 is 1.71. The van der Waals surface area contributed by atoms with E-state index >= 15 is 0 Å². The van der Waals surface area contributed by atoms with Crippen molar-refractivity contribution in [2.75, 3.05) is 0 Å². The van der Waals surface area contributed by atoms with Crippen molar-refractivity contribution in [1.29, 1.82) is 0 Å². The molecule has 2 rings (SSSR count). The highest BCUT2D eigenvalue weighted by Gasteiger charge is 1.95. The van der Waals surface area contributed by atoms with Crippen molar-refractivity contribution < 1.29 is 0 Å². The third-order valence-corrected chi connectivity index (χ3v) is 1.74. The second-order valence-corrected chi connectivity index (χ2v) is 2.68. The standard InChI is InChI=1S/C7H7ClN4/c8-10-3-6-1-2-7-9-5-11-12(7)4-6/h1-2,4-5,10H,3H2. The largest absolute Gasteiger partial charge is 0.229 e. The van der Waals surface area contributed by atoms with Gasteiger partial charge in [0, 0.05) is 12.7 Å². The molecule has 62 valence electrons. The van der Waals surface area contributed by atoms with Crippen LogP contribution in [0.4, 0.5) is 0 Å². The van der Waals surface area contributed by atoms with E-state index in [1.165, 1.54) is 6.33 Å². The van der Waals surface area contributed by atoms with Gasteiger partial charge in [0.05, 0.1) is 0 Å². The molecule has 0 aliphatic rings. The van der Waals surface area contributed by atoms with Gasteiger partial charge in [0.25, 0.3) is 0 Å². The molecule has 0 spiro atoms. The van der Waals surface area contributed by atoms with Gasteiger partial charge in [-0.05, 0) is 23.4 Å². The van der Waals surface area contributed by atoms with Gasteiger partial charge in [-0.2, -0.15) is 5.10 Å². The van der Waals surface area contributed by atoms with Crippen LogP contribution in [-0.2, 0) is 6.54 Å². The molecule has 2 aromatic rings. The summed E-state index contributed by atoms with van der Waals surface area (Å²) in [7, 11) is 0. The Labute approximate surface area is 74.3 Å². The van der Waals surface area contributed by atoms with Crippen molar-refractivity contribution in [3.63, 3.8) is 0 Å². The summed E-state index contributed by atoms with van der Waals surface area (Å²) in [6, 6.07) is 3.86. The predicted octanol–water partition coefficient (Wildman–Crippen LogP) is 0.973. The van der Waals surface area contributed by atoms with Crippen molar-refractivity contribution >= 4 is 17.4 Å². The molecule has 0 unspecified atom stereocenters. The summed E-state index contributed by atoms with van der Waals surface area (Å²) in [5.41, 5.74) is 1.91. The Balaban J connectivity index is 2.46. The lowest BCUT2D eigenvalue weighted by Crippen LogP contribution is -2.00. The van der Waals surface area contributed by atoms with E-state index in [1.807, 2.05) is 18.3 Å². The third-order valence-electron chi connectivity index (χ3n) is 1.61. The Kier molecular flexibility index (Phi) is 1.93. The van der Waals surface area contributed by atoms with Crippen LogP contribution in [0.3, 0.4) is 0 Å². The Bertz CT molecular complexity index is 384. The van der Waals surface area contributed by atoms with Gasteiger partial charge < -0.3 is 0 Å². The Morgan fingerprint density at radius 1 is 1.50 bits per heavy atom. The fraction of sp³-hybridized carbons (Fsp3) is 0.143. The molecule has 0 aromatic carbocycles. The topological polar surface area (TPSA) is 42.2 Å². The maximum absolute atomic E-state index is 5.37. The second kappa shape index (κ2) is 3.08. The number of hydrogen-bond acceptors (Lipinski definition) is 3. The summed E-state index contributed by atoms with van der Waals surface area (Å²) in [6.45, 7) is 0.622. The number of pyridine rings is 1. The molecule has 0 aliphatic carbocycles. The van der Waals surface area contributed by atoms with Crippen molar-refractivity contribution in [3.05, 3.63) is 30.2 Å². The number of aromatic nitrogens is 3. The van der Waals surface area contributed by atoms with E-state index < -0.39 is 0 Å². The summed E-state index contributed by atoms with van der Waals surface area (Å²) in [6.07, 6.45) is 3.41. The van der Waals surface area contributed by atoms with E-state index in [-0.39, 0.29) is 0 Å². The average molecular weight is 183 g/mol. The van der Waals surface area contributed by atoms with Crippen molar-refractivity contribution in [2.24, 2.45) is 0 Å². The van der Waals surface area contributed by atoms with Gasteiger partial charge in [-0.1, -0.05) is 6.07 Å². The van der Waals surface area contributed by atoms with Gasteiger partial charge in [-0.25, -0.2) is 14.3 Å². The number of hydrogen-bond donors (Lipinski definition) is 1. The highest BCUT2D eigenvalue weighted by Crippen LogP contribution is 2.02. The molecule has 2 heterocycles. The summed E-state index contributed by atoms with van der Waals surface area (Å²) in [5.74, 6) is 0. The van der Waals surface area contributed by atoms with E-state index in [0.29, 0.717) is 6.54 Å². The molecule has 4 nitrogen and oxygen atoms in total.